The SMILES string of the molecule is CCc1cnc(CNC2CCCc3[nH]c(=O)ccc32)s1. The number of nitrogens with zero attached hydrogens (tertiary/aromatic N) is 1. The van der Waals surface area contributed by atoms with Crippen molar-refractivity contribution >= 4 is 11.3 Å². The van der Waals surface area contributed by atoms with Crippen LogP contribution in [0.1, 0.15) is 46.9 Å². The summed E-state index contributed by atoms with van der Waals surface area (Å²) in [5.74, 6) is 0. The number of hydrogen-bond acceptors (Lipinski definition) is 4. The first-order chi connectivity index (χ1) is 9.76. The predicted molar refractivity (Wildman–Crippen MR) is 81.1 cm³/mol. The first kappa shape index (κ1) is 13.5. The number of aromatic nitrogens is 2. The van der Waals surface area contributed by atoms with E-state index in [0.717, 1.165) is 42.9 Å². The largest absolute Gasteiger partial charge is 0.326 e. The molecule has 0 saturated carbocycles. The first-order valence-corrected chi connectivity index (χ1v) is 7.97. The van der Waals surface area contributed by atoms with Gasteiger partial charge in [-0.3, -0.25) is 4.79 Å². The van der Waals surface area contributed by atoms with E-state index in [2.05, 4.69) is 22.2 Å². The molecule has 2 aromatic heterocycles. The Morgan fingerprint density at radius 2 is 2.40 bits per heavy atom. The molecule has 1 aliphatic carbocycles. The molecule has 1 unspecified atom stereocenters. The average molecular weight is 289 g/mol. The number of H-pyrrole nitrogens is 1. The zero-order chi connectivity index (χ0) is 13.9. The summed E-state index contributed by atoms with van der Waals surface area (Å²) >= 11 is 1.77. The Labute approximate surface area is 122 Å². The van der Waals surface area contributed by atoms with Crippen molar-refractivity contribution in [1.82, 2.24) is 15.3 Å². The van der Waals surface area contributed by atoms with Crippen molar-refractivity contribution in [3.8, 4) is 0 Å². The van der Waals surface area contributed by atoms with Gasteiger partial charge in [-0.1, -0.05) is 13.0 Å². The third-order valence-corrected chi connectivity index (χ3v) is 4.92. The van der Waals surface area contributed by atoms with E-state index in [1.807, 2.05) is 12.3 Å². The molecule has 5 heteroatoms. The summed E-state index contributed by atoms with van der Waals surface area (Å²) < 4.78 is 0. The number of fused-ring (bicyclic) bond motifs is 1. The van der Waals surface area contributed by atoms with E-state index in [9.17, 15) is 4.79 Å². The Morgan fingerprint density at radius 3 is 3.20 bits per heavy atom. The molecule has 3 rings (SSSR count). The zero-order valence-corrected chi connectivity index (χ0v) is 12.4. The first-order valence-electron chi connectivity index (χ1n) is 7.15. The third kappa shape index (κ3) is 2.83. The van der Waals surface area contributed by atoms with Crippen molar-refractivity contribution < 1.29 is 0 Å². The average Bonchev–Trinajstić information content (AvgIpc) is 2.92. The fourth-order valence-corrected chi connectivity index (χ4v) is 3.53. The quantitative estimate of drug-likeness (QED) is 0.909. The number of pyridine rings is 1. The monoisotopic (exact) mass is 289 g/mol. The van der Waals surface area contributed by atoms with Crippen LogP contribution in [0.5, 0.6) is 0 Å². The van der Waals surface area contributed by atoms with Gasteiger partial charge in [-0.25, -0.2) is 4.98 Å². The summed E-state index contributed by atoms with van der Waals surface area (Å²) in [6.45, 7) is 2.95. The number of aromatic amines is 1. The maximum Gasteiger partial charge on any atom is 0.248 e. The van der Waals surface area contributed by atoms with Crippen LogP contribution in [0.15, 0.2) is 23.1 Å². The maximum absolute atomic E-state index is 11.4. The van der Waals surface area contributed by atoms with Crippen molar-refractivity contribution in [2.24, 2.45) is 0 Å². The minimum absolute atomic E-state index is 0.00286. The minimum Gasteiger partial charge on any atom is -0.326 e. The normalized spacial score (nSPS) is 17.9. The molecule has 0 aliphatic heterocycles. The summed E-state index contributed by atoms with van der Waals surface area (Å²) in [6, 6.07) is 3.91. The second-order valence-corrected chi connectivity index (χ2v) is 6.36. The molecule has 2 N–H and O–H groups in total. The smallest absolute Gasteiger partial charge is 0.248 e. The molecule has 1 atom stereocenters. The van der Waals surface area contributed by atoms with Gasteiger partial charge >= 0.3 is 0 Å². The lowest BCUT2D eigenvalue weighted by atomic mass is 9.91. The molecular weight excluding hydrogens is 270 g/mol. The van der Waals surface area contributed by atoms with Crippen LogP contribution in [-0.4, -0.2) is 9.97 Å². The van der Waals surface area contributed by atoms with E-state index >= 15 is 0 Å². The highest BCUT2D eigenvalue weighted by molar-refractivity contribution is 7.11. The van der Waals surface area contributed by atoms with Crippen molar-refractivity contribution in [2.45, 2.75) is 45.2 Å². The van der Waals surface area contributed by atoms with E-state index in [-0.39, 0.29) is 5.56 Å². The molecule has 1 aliphatic rings. The van der Waals surface area contributed by atoms with E-state index in [1.165, 1.54) is 10.4 Å². The highest BCUT2D eigenvalue weighted by Gasteiger charge is 2.20. The molecule has 0 radical (unpaired) electrons. The molecule has 106 valence electrons. The maximum atomic E-state index is 11.4. The molecule has 2 aromatic rings. The zero-order valence-electron chi connectivity index (χ0n) is 11.6. The number of nitrogens with one attached hydrogen (secondary N) is 2. The molecule has 0 aromatic carbocycles. The Morgan fingerprint density at radius 1 is 1.50 bits per heavy atom. The van der Waals surface area contributed by atoms with Gasteiger partial charge in [-0.05, 0) is 31.2 Å². The topological polar surface area (TPSA) is 57.8 Å². The van der Waals surface area contributed by atoms with Crippen LogP contribution in [0.3, 0.4) is 0 Å². The minimum atomic E-state index is -0.00286. The van der Waals surface area contributed by atoms with Gasteiger partial charge in [0.1, 0.15) is 5.01 Å². The molecule has 0 amide bonds. The number of aryl methyl sites for hydroxylation is 2. The van der Waals surface area contributed by atoms with Gasteiger partial charge in [-0.15, -0.1) is 11.3 Å². The standard InChI is InChI=1S/C15H19N3OS/c1-2-10-8-17-15(20-10)9-16-12-4-3-5-13-11(12)6-7-14(19)18-13/h6-8,12,16H,2-5,9H2,1H3,(H,18,19). The highest BCUT2D eigenvalue weighted by atomic mass is 32.1. The molecule has 0 spiro atoms. The highest BCUT2D eigenvalue weighted by Crippen LogP contribution is 2.28. The second-order valence-electron chi connectivity index (χ2n) is 5.16. The molecular formula is C15H19N3OS. The summed E-state index contributed by atoms with van der Waals surface area (Å²) in [7, 11) is 0. The molecule has 2 heterocycles. The van der Waals surface area contributed by atoms with Gasteiger partial charge in [0.05, 0.1) is 0 Å². The fraction of sp³-hybridized carbons (Fsp3) is 0.467. The number of thiazole rings is 1. The lowest BCUT2D eigenvalue weighted by Crippen LogP contribution is -2.27. The Bertz CT molecular complexity index is 647. The molecule has 0 bridgehead atoms. The second kappa shape index (κ2) is 5.89. The van der Waals surface area contributed by atoms with Crippen LogP contribution < -0.4 is 10.9 Å². The van der Waals surface area contributed by atoms with E-state index in [1.54, 1.807) is 17.4 Å². The van der Waals surface area contributed by atoms with Gasteiger partial charge in [0.15, 0.2) is 0 Å². The Kier molecular flexibility index (Phi) is 3.98. The van der Waals surface area contributed by atoms with Crippen LogP contribution in [0, 0.1) is 0 Å². The van der Waals surface area contributed by atoms with Crippen LogP contribution in [0.2, 0.25) is 0 Å². The van der Waals surface area contributed by atoms with Crippen LogP contribution in [-0.2, 0) is 19.4 Å². The van der Waals surface area contributed by atoms with Gasteiger partial charge in [0.25, 0.3) is 0 Å². The van der Waals surface area contributed by atoms with Crippen LogP contribution in [0.4, 0.5) is 0 Å². The Balaban J connectivity index is 1.71. The van der Waals surface area contributed by atoms with Crippen molar-refractivity contribution in [3.63, 3.8) is 0 Å². The summed E-state index contributed by atoms with van der Waals surface area (Å²) in [6.07, 6.45) is 6.22. The van der Waals surface area contributed by atoms with Crippen molar-refractivity contribution in [1.29, 1.82) is 0 Å². The lowest BCUT2D eigenvalue weighted by Gasteiger charge is -2.25. The van der Waals surface area contributed by atoms with Gasteiger partial charge in [0.2, 0.25) is 5.56 Å². The summed E-state index contributed by atoms with van der Waals surface area (Å²) in [5, 5.41) is 4.71. The third-order valence-electron chi connectivity index (χ3n) is 3.78. The van der Waals surface area contributed by atoms with E-state index in [0.29, 0.717) is 6.04 Å². The predicted octanol–water partition coefficient (Wildman–Crippen LogP) is 2.56. The van der Waals surface area contributed by atoms with Crippen molar-refractivity contribution in [2.75, 3.05) is 0 Å². The fourth-order valence-electron chi connectivity index (χ4n) is 2.72. The molecule has 0 fully saturated rings. The van der Waals surface area contributed by atoms with Gasteiger partial charge < -0.3 is 10.3 Å². The molecule has 20 heavy (non-hydrogen) atoms. The van der Waals surface area contributed by atoms with E-state index in [4.69, 9.17) is 0 Å². The summed E-state index contributed by atoms with van der Waals surface area (Å²) in [5.41, 5.74) is 2.33. The van der Waals surface area contributed by atoms with Crippen LogP contribution >= 0.6 is 11.3 Å². The summed E-state index contributed by atoms with van der Waals surface area (Å²) in [4.78, 5) is 20.1. The lowest BCUT2D eigenvalue weighted by molar-refractivity contribution is 0.453. The van der Waals surface area contributed by atoms with Gasteiger partial charge in [-0.2, -0.15) is 0 Å². The molecule has 4 nitrogen and oxygen atoms in total. The van der Waals surface area contributed by atoms with Crippen LogP contribution in [0.25, 0.3) is 0 Å². The number of rotatable bonds is 4. The number of hydrogen-bond donors (Lipinski definition) is 2. The van der Waals surface area contributed by atoms with E-state index < -0.39 is 0 Å². The molecule has 0 saturated heterocycles. The Hall–Kier alpha value is -1.46. The van der Waals surface area contributed by atoms with Gasteiger partial charge in [0, 0.05) is 35.4 Å². The van der Waals surface area contributed by atoms with Crippen molar-refractivity contribution in [3.05, 3.63) is 49.8 Å².